The summed E-state index contributed by atoms with van der Waals surface area (Å²) >= 11 is 5.02. The second kappa shape index (κ2) is 10.3. The van der Waals surface area contributed by atoms with Gasteiger partial charge in [-0.3, -0.25) is 4.79 Å². The van der Waals surface area contributed by atoms with Gasteiger partial charge in [0.25, 0.3) is 5.91 Å². The number of aromatic nitrogens is 4. The Kier molecular flexibility index (Phi) is 7.71. The first-order valence-electron chi connectivity index (χ1n) is 10.0. The lowest BCUT2D eigenvalue weighted by molar-refractivity contribution is 0.0952. The predicted molar refractivity (Wildman–Crippen MR) is 126 cm³/mol. The van der Waals surface area contributed by atoms with Crippen LogP contribution in [0.3, 0.4) is 0 Å². The molecule has 2 heterocycles. The third kappa shape index (κ3) is 5.95. The zero-order chi connectivity index (χ0) is 21.7. The molecule has 7 nitrogen and oxygen atoms in total. The SMILES string of the molecule is CC(C)CNc1nc(SC(C)C)nc2c1cnn2CCNC(=O)c1cccc(Br)c1. The highest BCUT2D eigenvalue weighted by Gasteiger charge is 2.15. The van der Waals surface area contributed by atoms with Crippen molar-refractivity contribution in [3.8, 4) is 0 Å². The van der Waals surface area contributed by atoms with Crippen LogP contribution in [-0.4, -0.2) is 44.0 Å². The number of anilines is 1. The number of carbonyl (C=O) groups is 1. The molecule has 0 unspecified atom stereocenters. The van der Waals surface area contributed by atoms with Gasteiger partial charge < -0.3 is 10.6 Å². The van der Waals surface area contributed by atoms with Crippen LogP contribution in [0, 0.1) is 5.92 Å². The van der Waals surface area contributed by atoms with Gasteiger partial charge in [0.15, 0.2) is 10.8 Å². The van der Waals surface area contributed by atoms with Gasteiger partial charge in [-0.15, -0.1) is 0 Å². The van der Waals surface area contributed by atoms with Crippen molar-refractivity contribution in [1.82, 2.24) is 25.1 Å². The molecule has 0 fully saturated rings. The Bertz CT molecular complexity index is 1020. The Morgan fingerprint density at radius 1 is 1.23 bits per heavy atom. The van der Waals surface area contributed by atoms with E-state index in [1.54, 1.807) is 30.1 Å². The Morgan fingerprint density at radius 3 is 2.73 bits per heavy atom. The number of rotatable bonds is 9. The minimum Gasteiger partial charge on any atom is -0.369 e. The average Bonchev–Trinajstić information content (AvgIpc) is 3.08. The molecule has 1 amide bonds. The van der Waals surface area contributed by atoms with Crippen LogP contribution in [0.25, 0.3) is 11.0 Å². The van der Waals surface area contributed by atoms with Gasteiger partial charge in [0.2, 0.25) is 0 Å². The molecule has 0 aliphatic rings. The topological polar surface area (TPSA) is 84.7 Å². The number of halogens is 1. The van der Waals surface area contributed by atoms with Crippen LogP contribution in [0.5, 0.6) is 0 Å². The maximum absolute atomic E-state index is 12.4. The Balaban J connectivity index is 1.76. The van der Waals surface area contributed by atoms with E-state index < -0.39 is 0 Å². The third-order valence-electron chi connectivity index (χ3n) is 4.19. The van der Waals surface area contributed by atoms with Crippen LogP contribution in [0.15, 0.2) is 40.1 Å². The minimum absolute atomic E-state index is 0.113. The number of benzene rings is 1. The van der Waals surface area contributed by atoms with Crippen molar-refractivity contribution >= 4 is 50.5 Å². The van der Waals surface area contributed by atoms with Gasteiger partial charge in [-0.1, -0.05) is 61.5 Å². The standard InChI is InChI=1S/C21H27BrN6OS/c1-13(2)11-24-18-17-12-25-28(19(17)27-21(26-18)30-14(3)4)9-8-23-20(29)15-6-5-7-16(22)10-15/h5-7,10,12-14H,8-9,11H2,1-4H3,(H,23,29)(H,24,26,27). The number of thioether (sulfide) groups is 1. The van der Waals surface area contributed by atoms with Crippen LogP contribution in [-0.2, 0) is 6.54 Å². The largest absolute Gasteiger partial charge is 0.369 e. The number of hydrogen-bond donors (Lipinski definition) is 2. The molecule has 0 radical (unpaired) electrons. The number of hydrogen-bond acceptors (Lipinski definition) is 6. The van der Waals surface area contributed by atoms with Crippen molar-refractivity contribution in [3.63, 3.8) is 0 Å². The lowest BCUT2D eigenvalue weighted by Gasteiger charge is -2.12. The molecule has 0 aliphatic heterocycles. The zero-order valence-corrected chi connectivity index (χ0v) is 20.0. The number of nitrogens with zero attached hydrogens (tertiary/aromatic N) is 4. The van der Waals surface area contributed by atoms with Crippen molar-refractivity contribution in [3.05, 3.63) is 40.5 Å². The molecule has 0 spiro atoms. The zero-order valence-electron chi connectivity index (χ0n) is 17.6. The first kappa shape index (κ1) is 22.6. The number of carbonyl (C=O) groups excluding carboxylic acids is 1. The molecular formula is C21H27BrN6OS. The maximum atomic E-state index is 12.4. The molecule has 3 rings (SSSR count). The summed E-state index contributed by atoms with van der Waals surface area (Å²) in [4.78, 5) is 21.8. The molecule has 0 saturated heterocycles. The summed E-state index contributed by atoms with van der Waals surface area (Å²) in [6.07, 6.45) is 1.79. The van der Waals surface area contributed by atoms with Gasteiger partial charge in [0.1, 0.15) is 5.82 Å². The normalized spacial score (nSPS) is 11.4. The fraction of sp³-hybridized carbons (Fsp3) is 0.429. The van der Waals surface area contributed by atoms with Crippen molar-refractivity contribution in [2.24, 2.45) is 5.92 Å². The molecule has 0 bridgehead atoms. The van der Waals surface area contributed by atoms with E-state index in [2.05, 4.69) is 59.4 Å². The predicted octanol–water partition coefficient (Wildman–Crippen LogP) is 4.59. The number of amides is 1. The summed E-state index contributed by atoms with van der Waals surface area (Å²) in [6.45, 7) is 10.4. The molecule has 2 aromatic heterocycles. The van der Waals surface area contributed by atoms with Crippen molar-refractivity contribution in [2.75, 3.05) is 18.4 Å². The van der Waals surface area contributed by atoms with Crippen LogP contribution >= 0.6 is 27.7 Å². The lowest BCUT2D eigenvalue weighted by atomic mass is 10.2. The van der Waals surface area contributed by atoms with E-state index in [0.29, 0.717) is 29.8 Å². The molecular weight excluding hydrogens is 464 g/mol. The molecule has 2 N–H and O–H groups in total. The van der Waals surface area contributed by atoms with E-state index in [-0.39, 0.29) is 5.91 Å². The second-order valence-corrected chi connectivity index (χ2v) is 10.1. The van der Waals surface area contributed by atoms with E-state index in [4.69, 9.17) is 9.97 Å². The first-order chi connectivity index (χ1) is 14.3. The van der Waals surface area contributed by atoms with E-state index in [0.717, 1.165) is 33.0 Å². The van der Waals surface area contributed by atoms with Crippen molar-refractivity contribution < 1.29 is 4.79 Å². The third-order valence-corrected chi connectivity index (χ3v) is 5.55. The fourth-order valence-electron chi connectivity index (χ4n) is 2.81. The van der Waals surface area contributed by atoms with E-state index in [9.17, 15) is 4.79 Å². The number of nitrogens with one attached hydrogen (secondary N) is 2. The molecule has 0 aliphatic carbocycles. The van der Waals surface area contributed by atoms with E-state index in [1.165, 1.54) is 0 Å². The highest BCUT2D eigenvalue weighted by molar-refractivity contribution is 9.10. The van der Waals surface area contributed by atoms with Gasteiger partial charge in [0.05, 0.1) is 18.1 Å². The molecule has 0 atom stereocenters. The van der Waals surface area contributed by atoms with Crippen LogP contribution in [0.4, 0.5) is 5.82 Å². The highest BCUT2D eigenvalue weighted by Crippen LogP contribution is 2.26. The second-order valence-electron chi connectivity index (χ2n) is 7.67. The highest BCUT2D eigenvalue weighted by atomic mass is 79.9. The van der Waals surface area contributed by atoms with E-state index >= 15 is 0 Å². The van der Waals surface area contributed by atoms with Gasteiger partial charge in [-0.25, -0.2) is 14.6 Å². The minimum atomic E-state index is -0.113. The molecule has 160 valence electrons. The fourth-order valence-corrected chi connectivity index (χ4v) is 3.91. The number of fused-ring (bicyclic) bond motifs is 1. The van der Waals surface area contributed by atoms with Crippen LogP contribution in [0.1, 0.15) is 38.1 Å². The molecule has 9 heteroatoms. The van der Waals surface area contributed by atoms with Gasteiger partial charge in [-0.05, 0) is 24.1 Å². The summed E-state index contributed by atoms with van der Waals surface area (Å²) in [6, 6.07) is 7.33. The maximum Gasteiger partial charge on any atom is 0.251 e. The lowest BCUT2D eigenvalue weighted by Crippen LogP contribution is -2.27. The first-order valence-corrected chi connectivity index (χ1v) is 11.7. The van der Waals surface area contributed by atoms with Gasteiger partial charge in [-0.2, -0.15) is 5.10 Å². The Morgan fingerprint density at radius 2 is 2.03 bits per heavy atom. The summed E-state index contributed by atoms with van der Waals surface area (Å²) < 4.78 is 2.70. The molecule has 3 aromatic rings. The summed E-state index contributed by atoms with van der Waals surface area (Å²) in [5, 5.41) is 12.9. The Labute approximate surface area is 189 Å². The van der Waals surface area contributed by atoms with Crippen LogP contribution < -0.4 is 10.6 Å². The van der Waals surface area contributed by atoms with Gasteiger partial charge >= 0.3 is 0 Å². The molecule has 1 aromatic carbocycles. The average molecular weight is 491 g/mol. The van der Waals surface area contributed by atoms with Gasteiger partial charge in [0, 0.05) is 28.4 Å². The van der Waals surface area contributed by atoms with Crippen molar-refractivity contribution in [1.29, 1.82) is 0 Å². The van der Waals surface area contributed by atoms with Crippen LogP contribution in [0.2, 0.25) is 0 Å². The molecule has 0 saturated carbocycles. The van der Waals surface area contributed by atoms with E-state index in [1.807, 2.05) is 16.8 Å². The summed E-state index contributed by atoms with van der Waals surface area (Å²) in [7, 11) is 0. The monoisotopic (exact) mass is 490 g/mol. The van der Waals surface area contributed by atoms with Crippen molar-refractivity contribution in [2.45, 2.75) is 44.6 Å². The summed E-state index contributed by atoms with van der Waals surface area (Å²) in [5.74, 6) is 1.19. The molecule has 30 heavy (non-hydrogen) atoms. The Hall–Kier alpha value is -2.13. The quantitative estimate of drug-likeness (QED) is 0.337. The smallest absolute Gasteiger partial charge is 0.251 e. The summed E-state index contributed by atoms with van der Waals surface area (Å²) in [5.41, 5.74) is 1.39.